The van der Waals surface area contributed by atoms with Crippen LogP contribution in [0.25, 0.3) is 10.9 Å². The number of hydrogen-bond acceptors (Lipinski definition) is 3. The fraction of sp³-hybridized carbons (Fsp3) is 0.304. The van der Waals surface area contributed by atoms with Crippen molar-refractivity contribution in [3.63, 3.8) is 0 Å². The van der Waals surface area contributed by atoms with E-state index in [0.717, 1.165) is 30.8 Å². The Labute approximate surface area is 205 Å². The Hall–Kier alpha value is -2.20. The van der Waals surface area contributed by atoms with E-state index in [9.17, 15) is 4.79 Å². The number of fused-ring (bicyclic) bond motifs is 1. The Morgan fingerprint density at radius 1 is 1.03 bits per heavy atom. The standard InChI is InChI=1S/C23H29N5OS.HI/c1-28(2)22(29)17-26-23(25-14-15-30-20-9-4-3-5-10-20)24-13-12-19-16-18-8-6-7-11-21(18)27-19;/h3-11,16,27H,12-15,17H2,1-2H3,(H2,24,25,26);1H. The van der Waals surface area contributed by atoms with Gasteiger partial charge in [-0.3, -0.25) is 4.79 Å². The molecule has 0 aliphatic carbocycles. The van der Waals surface area contributed by atoms with Crippen molar-refractivity contribution in [1.82, 2.24) is 20.5 Å². The first-order chi connectivity index (χ1) is 14.6. The predicted octanol–water partition coefficient (Wildman–Crippen LogP) is 3.74. The summed E-state index contributed by atoms with van der Waals surface area (Å²) >= 11 is 1.79. The highest BCUT2D eigenvalue weighted by Gasteiger charge is 2.05. The number of guanidine groups is 1. The molecule has 1 amide bonds. The number of rotatable bonds is 9. The van der Waals surface area contributed by atoms with Crippen molar-refractivity contribution in [1.29, 1.82) is 0 Å². The third-order valence-corrected chi connectivity index (χ3v) is 5.56. The van der Waals surface area contributed by atoms with Crippen LogP contribution in [-0.4, -0.2) is 61.2 Å². The lowest BCUT2D eigenvalue weighted by molar-refractivity contribution is -0.127. The van der Waals surface area contributed by atoms with E-state index in [-0.39, 0.29) is 36.4 Å². The number of likely N-dealkylation sites (N-methyl/N-ethyl adjacent to an activating group) is 1. The summed E-state index contributed by atoms with van der Waals surface area (Å²) in [5.41, 5.74) is 2.32. The van der Waals surface area contributed by atoms with Gasteiger partial charge in [-0.15, -0.1) is 35.7 Å². The van der Waals surface area contributed by atoms with Gasteiger partial charge in [-0.05, 0) is 29.7 Å². The lowest BCUT2D eigenvalue weighted by Gasteiger charge is -2.13. The number of carbonyl (C=O) groups is 1. The number of aromatic amines is 1. The highest BCUT2D eigenvalue weighted by atomic mass is 127. The SMILES string of the molecule is CN(C)C(=O)CN=C(NCCSc1ccccc1)NCCc1cc2ccccc2[nH]1.I. The zero-order valence-electron chi connectivity index (χ0n) is 17.9. The maximum atomic E-state index is 11.9. The average molecular weight is 551 g/mol. The molecule has 1 aromatic heterocycles. The molecule has 0 saturated carbocycles. The lowest BCUT2D eigenvalue weighted by Crippen LogP contribution is -2.40. The van der Waals surface area contributed by atoms with Gasteiger partial charge in [0.1, 0.15) is 6.54 Å². The third-order valence-electron chi connectivity index (χ3n) is 4.55. The summed E-state index contributed by atoms with van der Waals surface area (Å²) in [5.74, 6) is 1.55. The number of benzene rings is 2. The number of hydrogen-bond donors (Lipinski definition) is 3. The summed E-state index contributed by atoms with van der Waals surface area (Å²) in [7, 11) is 3.48. The molecule has 0 aliphatic heterocycles. The van der Waals surface area contributed by atoms with Crippen molar-refractivity contribution in [2.24, 2.45) is 4.99 Å². The topological polar surface area (TPSA) is 72.5 Å². The summed E-state index contributed by atoms with van der Waals surface area (Å²) < 4.78 is 0. The smallest absolute Gasteiger partial charge is 0.243 e. The van der Waals surface area contributed by atoms with Crippen molar-refractivity contribution < 1.29 is 4.79 Å². The number of thioether (sulfide) groups is 1. The van der Waals surface area contributed by atoms with E-state index in [1.807, 2.05) is 30.3 Å². The van der Waals surface area contributed by atoms with Crippen LogP contribution in [0.5, 0.6) is 0 Å². The van der Waals surface area contributed by atoms with Crippen LogP contribution in [0.15, 0.2) is 70.6 Å². The molecule has 6 nitrogen and oxygen atoms in total. The predicted molar refractivity (Wildman–Crippen MR) is 142 cm³/mol. The number of H-pyrrole nitrogens is 1. The summed E-state index contributed by atoms with van der Waals surface area (Å²) in [6, 6.07) is 20.8. The van der Waals surface area contributed by atoms with Gasteiger partial charge >= 0.3 is 0 Å². The second kappa shape index (κ2) is 13.3. The number of halogens is 1. The Morgan fingerprint density at radius 3 is 2.48 bits per heavy atom. The fourth-order valence-corrected chi connectivity index (χ4v) is 3.69. The quantitative estimate of drug-likeness (QED) is 0.125. The molecule has 8 heteroatoms. The first-order valence-electron chi connectivity index (χ1n) is 10.1. The molecule has 3 rings (SSSR count). The fourth-order valence-electron chi connectivity index (χ4n) is 2.90. The molecule has 31 heavy (non-hydrogen) atoms. The van der Waals surface area contributed by atoms with Gasteiger partial charge in [0.25, 0.3) is 0 Å². The second-order valence-corrected chi connectivity index (χ2v) is 8.27. The molecule has 2 aromatic carbocycles. The monoisotopic (exact) mass is 551 g/mol. The van der Waals surface area contributed by atoms with Crippen LogP contribution in [0.3, 0.4) is 0 Å². The van der Waals surface area contributed by atoms with Crippen molar-refractivity contribution in [3.8, 4) is 0 Å². The minimum Gasteiger partial charge on any atom is -0.358 e. The molecule has 0 radical (unpaired) electrons. The molecular weight excluding hydrogens is 521 g/mol. The minimum atomic E-state index is -0.0228. The molecular formula is C23H30IN5OS. The van der Waals surface area contributed by atoms with E-state index in [4.69, 9.17) is 0 Å². The second-order valence-electron chi connectivity index (χ2n) is 7.10. The van der Waals surface area contributed by atoms with Gasteiger partial charge in [0, 0.05) is 55.5 Å². The van der Waals surface area contributed by atoms with Crippen LogP contribution in [0.2, 0.25) is 0 Å². The van der Waals surface area contributed by atoms with E-state index >= 15 is 0 Å². The zero-order valence-corrected chi connectivity index (χ0v) is 21.1. The number of aromatic nitrogens is 1. The van der Waals surface area contributed by atoms with Crippen LogP contribution in [0, 0.1) is 0 Å². The average Bonchev–Trinajstić information content (AvgIpc) is 3.17. The first-order valence-corrected chi connectivity index (χ1v) is 11.1. The summed E-state index contributed by atoms with van der Waals surface area (Å²) in [4.78, 5) is 22.6. The first kappa shape index (κ1) is 25.1. The highest BCUT2D eigenvalue weighted by Crippen LogP contribution is 2.16. The number of aliphatic imine (C=N–C) groups is 1. The molecule has 0 bridgehead atoms. The molecule has 0 saturated heterocycles. The molecule has 3 N–H and O–H groups in total. The summed E-state index contributed by atoms with van der Waals surface area (Å²) in [6.45, 7) is 1.61. The van der Waals surface area contributed by atoms with Gasteiger partial charge in [0.2, 0.25) is 5.91 Å². The summed E-state index contributed by atoms with van der Waals surface area (Å²) in [5, 5.41) is 7.90. The van der Waals surface area contributed by atoms with E-state index in [1.54, 1.807) is 30.8 Å². The van der Waals surface area contributed by atoms with Crippen LogP contribution >= 0.6 is 35.7 Å². The van der Waals surface area contributed by atoms with Gasteiger partial charge in [-0.1, -0.05) is 36.4 Å². The Bertz CT molecular complexity index is 941. The third kappa shape index (κ3) is 8.45. The maximum absolute atomic E-state index is 11.9. The molecule has 0 fully saturated rings. The van der Waals surface area contributed by atoms with E-state index in [2.05, 4.69) is 50.9 Å². The molecule has 0 spiro atoms. The minimum absolute atomic E-state index is 0. The van der Waals surface area contributed by atoms with Gasteiger partial charge in [0.15, 0.2) is 5.96 Å². The van der Waals surface area contributed by atoms with Crippen LogP contribution in [0.1, 0.15) is 5.69 Å². The van der Waals surface area contributed by atoms with Crippen molar-refractivity contribution in [2.45, 2.75) is 11.3 Å². The number of nitrogens with zero attached hydrogens (tertiary/aromatic N) is 2. The molecule has 0 atom stereocenters. The maximum Gasteiger partial charge on any atom is 0.243 e. The Balaban J connectivity index is 0.00000341. The van der Waals surface area contributed by atoms with Crippen molar-refractivity contribution in [2.75, 3.05) is 39.5 Å². The normalized spacial score (nSPS) is 11.1. The summed E-state index contributed by atoms with van der Waals surface area (Å²) in [6.07, 6.45) is 0.843. The van der Waals surface area contributed by atoms with Crippen molar-refractivity contribution in [3.05, 3.63) is 66.4 Å². The number of amides is 1. The Morgan fingerprint density at radius 2 is 1.74 bits per heavy atom. The van der Waals surface area contributed by atoms with Crippen molar-refractivity contribution >= 4 is 58.5 Å². The van der Waals surface area contributed by atoms with Gasteiger partial charge < -0.3 is 20.5 Å². The highest BCUT2D eigenvalue weighted by molar-refractivity contribution is 14.0. The van der Waals surface area contributed by atoms with Gasteiger partial charge in [-0.2, -0.15) is 0 Å². The number of para-hydroxylation sites is 1. The number of carbonyl (C=O) groups excluding carboxylic acids is 1. The lowest BCUT2D eigenvalue weighted by atomic mass is 10.2. The Kier molecular flexibility index (Phi) is 10.7. The largest absolute Gasteiger partial charge is 0.358 e. The van der Waals surface area contributed by atoms with E-state index in [0.29, 0.717) is 5.96 Å². The molecule has 3 aromatic rings. The molecule has 1 heterocycles. The van der Waals surface area contributed by atoms with E-state index in [1.165, 1.54) is 16.0 Å². The van der Waals surface area contributed by atoms with E-state index < -0.39 is 0 Å². The molecule has 0 unspecified atom stereocenters. The van der Waals surface area contributed by atoms with Crippen LogP contribution < -0.4 is 10.6 Å². The molecule has 0 aliphatic rings. The number of nitrogens with one attached hydrogen (secondary N) is 3. The van der Waals surface area contributed by atoms with Crippen LogP contribution in [0.4, 0.5) is 0 Å². The molecule has 166 valence electrons. The van der Waals surface area contributed by atoms with Gasteiger partial charge in [0.05, 0.1) is 0 Å². The van der Waals surface area contributed by atoms with Crippen LogP contribution in [-0.2, 0) is 11.2 Å². The van der Waals surface area contributed by atoms with Gasteiger partial charge in [-0.25, -0.2) is 4.99 Å². The zero-order chi connectivity index (χ0) is 21.2.